The Bertz CT molecular complexity index is 1100. The zero-order chi connectivity index (χ0) is 19.7. The third kappa shape index (κ3) is 3.64. The number of halogens is 3. The second-order valence-corrected chi connectivity index (χ2v) is 6.22. The summed E-state index contributed by atoms with van der Waals surface area (Å²) in [6, 6.07) is 13.3. The number of aromatic nitrogens is 5. The van der Waals surface area contributed by atoms with Crippen molar-refractivity contribution in [1.82, 2.24) is 24.6 Å². The lowest BCUT2D eigenvalue weighted by Gasteiger charge is -2.09. The number of nitrogens with zero attached hydrogens (tertiary/aromatic N) is 5. The predicted molar refractivity (Wildman–Crippen MR) is 97.5 cm³/mol. The molecule has 4 rings (SSSR count). The summed E-state index contributed by atoms with van der Waals surface area (Å²) in [4.78, 5) is 11.6. The molecule has 142 valence electrons. The molecule has 0 fully saturated rings. The summed E-state index contributed by atoms with van der Waals surface area (Å²) < 4.78 is 39.8. The van der Waals surface area contributed by atoms with Crippen LogP contribution in [0.2, 0.25) is 0 Å². The first-order valence-corrected chi connectivity index (χ1v) is 8.45. The van der Waals surface area contributed by atoms with Crippen LogP contribution in [-0.4, -0.2) is 24.6 Å². The molecule has 0 unspecified atom stereocenters. The molecule has 6 nitrogen and oxygen atoms in total. The molecule has 0 atom stereocenters. The summed E-state index contributed by atoms with van der Waals surface area (Å²) in [5.41, 5.74) is 3.55. The van der Waals surface area contributed by atoms with Crippen LogP contribution in [0.3, 0.4) is 0 Å². The van der Waals surface area contributed by atoms with Gasteiger partial charge in [-0.25, -0.2) is 4.98 Å². The standard InChI is InChI=1S/C19H15F3N6/c1-12-9-16(28-18(25-12)26-17(27-28)19(20,21)22)24-10-13-4-6-14(7-5-13)15-3-2-8-23-11-15/h2-9,11,24H,10H2,1H3. The molecule has 0 bridgehead atoms. The van der Waals surface area contributed by atoms with Gasteiger partial charge in [-0.1, -0.05) is 30.3 Å². The second kappa shape index (κ2) is 6.91. The van der Waals surface area contributed by atoms with Gasteiger partial charge in [0, 0.05) is 30.7 Å². The van der Waals surface area contributed by atoms with Crippen LogP contribution in [-0.2, 0) is 12.7 Å². The Morgan fingerprint density at radius 2 is 1.82 bits per heavy atom. The molecule has 0 radical (unpaired) electrons. The number of nitrogens with one attached hydrogen (secondary N) is 1. The molecule has 4 aromatic rings. The molecular weight excluding hydrogens is 369 g/mol. The first kappa shape index (κ1) is 17.9. The summed E-state index contributed by atoms with van der Waals surface area (Å²) in [7, 11) is 0. The van der Waals surface area contributed by atoms with Crippen molar-refractivity contribution in [2.75, 3.05) is 5.32 Å². The third-order valence-electron chi connectivity index (χ3n) is 4.12. The van der Waals surface area contributed by atoms with Gasteiger partial charge < -0.3 is 5.32 Å². The number of anilines is 1. The van der Waals surface area contributed by atoms with E-state index in [1.807, 2.05) is 36.4 Å². The molecule has 0 saturated carbocycles. The van der Waals surface area contributed by atoms with Crippen LogP contribution in [0.1, 0.15) is 17.1 Å². The highest BCUT2D eigenvalue weighted by atomic mass is 19.4. The van der Waals surface area contributed by atoms with Gasteiger partial charge in [-0.15, -0.1) is 5.10 Å². The molecule has 3 aromatic heterocycles. The minimum Gasteiger partial charge on any atom is -0.366 e. The topological polar surface area (TPSA) is 68.0 Å². The fourth-order valence-electron chi connectivity index (χ4n) is 2.77. The summed E-state index contributed by atoms with van der Waals surface area (Å²) in [5.74, 6) is -0.918. The maximum Gasteiger partial charge on any atom is 0.453 e. The quantitative estimate of drug-likeness (QED) is 0.573. The number of benzene rings is 1. The lowest BCUT2D eigenvalue weighted by Crippen LogP contribution is -2.09. The van der Waals surface area contributed by atoms with Crippen molar-refractivity contribution in [3.05, 3.63) is 71.9 Å². The number of hydrogen-bond acceptors (Lipinski definition) is 5. The predicted octanol–water partition coefficient (Wildman–Crippen LogP) is 4.13. The van der Waals surface area contributed by atoms with Gasteiger partial charge in [0.15, 0.2) is 0 Å². The van der Waals surface area contributed by atoms with E-state index in [0.29, 0.717) is 18.1 Å². The molecule has 0 saturated heterocycles. The second-order valence-electron chi connectivity index (χ2n) is 6.22. The van der Waals surface area contributed by atoms with Crippen LogP contribution in [0.4, 0.5) is 19.0 Å². The number of aryl methyl sites for hydroxylation is 1. The Morgan fingerprint density at radius 1 is 1.04 bits per heavy atom. The average Bonchev–Trinajstić information content (AvgIpc) is 3.12. The monoisotopic (exact) mass is 384 g/mol. The summed E-state index contributed by atoms with van der Waals surface area (Å²) in [5, 5.41) is 6.65. The van der Waals surface area contributed by atoms with Crippen LogP contribution in [0.25, 0.3) is 16.9 Å². The van der Waals surface area contributed by atoms with Crippen molar-refractivity contribution in [1.29, 1.82) is 0 Å². The van der Waals surface area contributed by atoms with Crippen molar-refractivity contribution in [3.8, 4) is 11.1 Å². The van der Waals surface area contributed by atoms with Gasteiger partial charge in [-0.2, -0.15) is 22.7 Å². The van der Waals surface area contributed by atoms with E-state index in [1.54, 1.807) is 25.4 Å². The number of fused-ring (bicyclic) bond motifs is 1. The zero-order valence-corrected chi connectivity index (χ0v) is 14.8. The molecule has 1 N–H and O–H groups in total. The van der Waals surface area contributed by atoms with Crippen LogP contribution >= 0.6 is 0 Å². The molecule has 1 aromatic carbocycles. The summed E-state index contributed by atoms with van der Waals surface area (Å²) in [6.07, 6.45) is -1.12. The highest BCUT2D eigenvalue weighted by Crippen LogP contribution is 2.27. The number of alkyl halides is 3. The van der Waals surface area contributed by atoms with E-state index in [-0.39, 0.29) is 5.78 Å². The highest BCUT2D eigenvalue weighted by molar-refractivity contribution is 5.62. The maximum absolute atomic E-state index is 12.9. The van der Waals surface area contributed by atoms with Crippen molar-refractivity contribution >= 4 is 11.6 Å². The van der Waals surface area contributed by atoms with Crippen LogP contribution in [0, 0.1) is 6.92 Å². The SMILES string of the molecule is Cc1cc(NCc2ccc(-c3cccnc3)cc2)n2nc(C(F)(F)F)nc2n1. The first-order chi connectivity index (χ1) is 13.4. The van der Waals surface area contributed by atoms with E-state index in [2.05, 4.69) is 25.4 Å². The van der Waals surface area contributed by atoms with Crippen molar-refractivity contribution in [2.45, 2.75) is 19.6 Å². The zero-order valence-electron chi connectivity index (χ0n) is 14.8. The van der Waals surface area contributed by atoms with Gasteiger partial charge in [0.1, 0.15) is 5.82 Å². The summed E-state index contributed by atoms with van der Waals surface area (Å²) in [6.45, 7) is 2.10. The molecule has 0 aliphatic carbocycles. The smallest absolute Gasteiger partial charge is 0.366 e. The van der Waals surface area contributed by atoms with Crippen molar-refractivity contribution in [2.24, 2.45) is 0 Å². The van der Waals surface area contributed by atoms with Gasteiger partial charge in [0.05, 0.1) is 0 Å². The third-order valence-corrected chi connectivity index (χ3v) is 4.12. The Balaban J connectivity index is 1.56. The minimum absolute atomic E-state index is 0.0956. The number of pyridine rings is 1. The Labute approximate surface area is 158 Å². The van der Waals surface area contributed by atoms with Crippen LogP contribution in [0.5, 0.6) is 0 Å². The summed E-state index contributed by atoms with van der Waals surface area (Å²) >= 11 is 0. The van der Waals surface area contributed by atoms with Crippen molar-refractivity contribution < 1.29 is 13.2 Å². The van der Waals surface area contributed by atoms with E-state index >= 15 is 0 Å². The fourth-order valence-corrected chi connectivity index (χ4v) is 2.77. The Morgan fingerprint density at radius 3 is 2.50 bits per heavy atom. The van der Waals surface area contributed by atoms with E-state index in [0.717, 1.165) is 21.2 Å². The molecule has 9 heteroatoms. The first-order valence-electron chi connectivity index (χ1n) is 8.45. The lowest BCUT2D eigenvalue weighted by atomic mass is 10.1. The fraction of sp³-hybridized carbons (Fsp3) is 0.158. The lowest BCUT2D eigenvalue weighted by molar-refractivity contribution is -0.144. The minimum atomic E-state index is -4.62. The molecule has 3 heterocycles. The van der Waals surface area contributed by atoms with E-state index in [9.17, 15) is 13.2 Å². The van der Waals surface area contributed by atoms with Gasteiger partial charge >= 0.3 is 6.18 Å². The molecule has 0 amide bonds. The van der Waals surface area contributed by atoms with Crippen LogP contribution in [0.15, 0.2) is 54.9 Å². The Hall–Kier alpha value is -3.49. The average molecular weight is 384 g/mol. The van der Waals surface area contributed by atoms with E-state index in [1.165, 1.54) is 0 Å². The largest absolute Gasteiger partial charge is 0.453 e. The molecule has 28 heavy (non-hydrogen) atoms. The maximum atomic E-state index is 12.9. The molecule has 0 aliphatic rings. The Kier molecular flexibility index (Phi) is 4.42. The van der Waals surface area contributed by atoms with E-state index < -0.39 is 12.0 Å². The van der Waals surface area contributed by atoms with Gasteiger partial charge in [-0.05, 0) is 29.7 Å². The number of rotatable bonds is 4. The highest BCUT2D eigenvalue weighted by Gasteiger charge is 2.36. The van der Waals surface area contributed by atoms with E-state index in [4.69, 9.17) is 0 Å². The number of hydrogen-bond donors (Lipinski definition) is 1. The van der Waals surface area contributed by atoms with Gasteiger partial charge in [0.25, 0.3) is 11.6 Å². The van der Waals surface area contributed by atoms with Crippen LogP contribution < -0.4 is 5.32 Å². The molecular formula is C19H15F3N6. The van der Waals surface area contributed by atoms with Gasteiger partial charge in [0.2, 0.25) is 0 Å². The molecule has 0 aliphatic heterocycles. The van der Waals surface area contributed by atoms with Gasteiger partial charge in [-0.3, -0.25) is 4.98 Å². The van der Waals surface area contributed by atoms with Crippen molar-refractivity contribution in [3.63, 3.8) is 0 Å². The normalized spacial score (nSPS) is 11.7. The molecule has 0 spiro atoms.